The van der Waals surface area contributed by atoms with Crippen molar-refractivity contribution in [1.82, 2.24) is 15.2 Å². The van der Waals surface area contributed by atoms with Gasteiger partial charge in [0.2, 0.25) is 6.41 Å². The Balaban J connectivity index is 1.83. The molecule has 2 aliphatic rings. The van der Waals surface area contributed by atoms with E-state index in [9.17, 15) is 4.79 Å². The number of nitrogens with one attached hydrogen (secondary N) is 2. The molecule has 1 aliphatic heterocycles. The Bertz CT molecular complexity index is 785. The Labute approximate surface area is 151 Å². The third-order valence-electron chi connectivity index (χ3n) is 5.76. The lowest BCUT2D eigenvalue weighted by Crippen LogP contribution is -2.55. The van der Waals surface area contributed by atoms with Crippen molar-refractivity contribution in [2.45, 2.75) is 51.1 Å². The predicted octanol–water partition coefficient (Wildman–Crippen LogP) is 3.48. The van der Waals surface area contributed by atoms with E-state index in [1.807, 2.05) is 0 Å². The number of amides is 1. The van der Waals surface area contributed by atoms with Crippen LogP contribution in [-0.2, 0) is 11.2 Å². The number of aromatic nitrogens is 1. The lowest BCUT2D eigenvalue weighted by molar-refractivity contribution is -0.110. The van der Waals surface area contributed by atoms with Crippen molar-refractivity contribution in [2.75, 3.05) is 13.1 Å². The monoisotopic (exact) mass is 389 g/mol. The first-order valence-electron chi connectivity index (χ1n) is 8.86. The second-order valence-electron chi connectivity index (χ2n) is 7.24. The number of aryl methyl sites for hydroxylation is 1. The second kappa shape index (κ2) is 6.19. The minimum atomic E-state index is 0.242. The van der Waals surface area contributed by atoms with Crippen LogP contribution in [0.4, 0.5) is 0 Å². The molecular weight excluding hydrogens is 366 g/mol. The quantitative estimate of drug-likeness (QED) is 0.786. The fraction of sp³-hybridized carbons (Fsp3) is 0.526. The van der Waals surface area contributed by atoms with Crippen LogP contribution >= 0.6 is 15.9 Å². The molecule has 5 heteroatoms. The summed E-state index contributed by atoms with van der Waals surface area (Å²) in [5, 5.41) is 4.46. The van der Waals surface area contributed by atoms with Crippen LogP contribution in [-0.4, -0.2) is 41.5 Å². The maximum absolute atomic E-state index is 11.0. The molecule has 2 aromatic rings. The van der Waals surface area contributed by atoms with Gasteiger partial charge in [-0.15, -0.1) is 0 Å². The molecule has 1 fully saturated rings. The predicted molar refractivity (Wildman–Crippen MR) is 100 cm³/mol. The first-order valence-corrected chi connectivity index (χ1v) is 9.66. The topological polar surface area (TPSA) is 48.1 Å². The standard InChI is InChI=1S/C19H24BrN3O/c1-3-4-23-9-13(21-10-24)7-15-16-5-12(20)6-17-19(16)14(8-18(15)23)11(2)22-17/h5-6,10,13,15,18,22H,3-4,7-9H2,1-2H3,(H,21,24)/t13-,15+,18+/m0/s1. The van der Waals surface area contributed by atoms with Gasteiger partial charge < -0.3 is 10.3 Å². The Morgan fingerprint density at radius 2 is 2.29 bits per heavy atom. The van der Waals surface area contributed by atoms with E-state index in [-0.39, 0.29) is 6.04 Å². The number of hydrogen-bond donors (Lipinski definition) is 2. The van der Waals surface area contributed by atoms with E-state index in [1.54, 1.807) is 0 Å². The largest absolute Gasteiger partial charge is 0.358 e. The van der Waals surface area contributed by atoms with Crippen molar-refractivity contribution >= 4 is 33.2 Å². The Morgan fingerprint density at radius 1 is 1.46 bits per heavy atom. The summed E-state index contributed by atoms with van der Waals surface area (Å²) in [7, 11) is 0. The smallest absolute Gasteiger partial charge is 0.207 e. The van der Waals surface area contributed by atoms with E-state index < -0.39 is 0 Å². The molecule has 1 aromatic heterocycles. The molecular formula is C19H24BrN3O. The zero-order valence-electron chi connectivity index (χ0n) is 14.2. The van der Waals surface area contributed by atoms with Crippen LogP contribution in [0.15, 0.2) is 16.6 Å². The highest BCUT2D eigenvalue weighted by atomic mass is 79.9. The molecule has 2 N–H and O–H groups in total. The molecule has 1 aromatic carbocycles. The van der Waals surface area contributed by atoms with Crippen molar-refractivity contribution in [3.8, 4) is 0 Å². The SMILES string of the molecule is CCCN1C[C@@H](NC=O)C[C@@H]2c3cc(Br)cc4[nH]c(C)c(c34)C[C@H]21. The number of fused-ring (bicyclic) bond motifs is 2. The third-order valence-corrected chi connectivity index (χ3v) is 6.22. The van der Waals surface area contributed by atoms with Crippen LogP contribution in [0.25, 0.3) is 10.9 Å². The van der Waals surface area contributed by atoms with Gasteiger partial charge in [0.05, 0.1) is 0 Å². The van der Waals surface area contributed by atoms with Crippen molar-refractivity contribution in [1.29, 1.82) is 0 Å². The zero-order chi connectivity index (χ0) is 16.8. The normalized spacial score (nSPS) is 26.4. The summed E-state index contributed by atoms with van der Waals surface area (Å²) < 4.78 is 1.13. The number of likely N-dealkylation sites (tertiary alicyclic amines) is 1. The fourth-order valence-corrected chi connectivity index (χ4v) is 5.34. The molecule has 0 radical (unpaired) electrons. The van der Waals surface area contributed by atoms with Crippen LogP contribution in [0, 0.1) is 6.92 Å². The highest BCUT2D eigenvalue weighted by Crippen LogP contribution is 2.45. The number of halogens is 1. The minimum absolute atomic E-state index is 0.242. The molecule has 4 nitrogen and oxygen atoms in total. The average molecular weight is 390 g/mol. The number of carbonyl (C=O) groups is 1. The van der Waals surface area contributed by atoms with Crippen molar-refractivity contribution in [3.63, 3.8) is 0 Å². The molecule has 0 saturated carbocycles. The Morgan fingerprint density at radius 3 is 3.04 bits per heavy atom. The average Bonchev–Trinajstić information content (AvgIpc) is 2.85. The van der Waals surface area contributed by atoms with Gasteiger partial charge in [0.15, 0.2) is 0 Å². The minimum Gasteiger partial charge on any atom is -0.358 e. The molecule has 2 heterocycles. The first kappa shape index (κ1) is 16.2. The van der Waals surface area contributed by atoms with Gasteiger partial charge >= 0.3 is 0 Å². The maximum atomic E-state index is 11.0. The first-order chi connectivity index (χ1) is 11.6. The van der Waals surface area contributed by atoms with E-state index in [0.717, 1.165) is 43.2 Å². The van der Waals surface area contributed by atoms with Crippen LogP contribution < -0.4 is 5.32 Å². The molecule has 0 unspecified atom stereocenters. The third kappa shape index (κ3) is 2.49. The summed E-state index contributed by atoms with van der Waals surface area (Å²) >= 11 is 3.68. The number of hydrogen-bond acceptors (Lipinski definition) is 2. The van der Waals surface area contributed by atoms with Crippen molar-refractivity contribution < 1.29 is 4.79 Å². The van der Waals surface area contributed by atoms with E-state index in [2.05, 4.69) is 57.1 Å². The number of carbonyl (C=O) groups excluding carboxylic acids is 1. The highest BCUT2D eigenvalue weighted by molar-refractivity contribution is 9.10. The molecule has 1 saturated heterocycles. The molecule has 1 aliphatic carbocycles. The zero-order valence-corrected chi connectivity index (χ0v) is 15.8. The van der Waals surface area contributed by atoms with Gasteiger partial charge in [0, 0.05) is 45.6 Å². The molecule has 24 heavy (non-hydrogen) atoms. The van der Waals surface area contributed by atoms with E-state index in [1.165, 1.54) is 27.7 Å². The van der Waals surface area contributed by atoms with E-state index in [0.29, 0.717) is 12.0 Å². The summed E-state index contributed by atoms with van der Waals surface area (Å²) in [6, 6.07) is 5.26. The number of rotatable bonds is 4. The van der Waals surface area contributed by atoms with Gasteiger partial charge in [-0.1, -0.05) is 22.9 Å². The summed E-state index contributed by atoms with van der Waals surface area (Å²) in [6.45, 7) is 6.48. The summed E-state index contributed by atoms with van der Waals surface area (Å²) in [5.74, 6) is 0.477. The lowest BCUT2D eigenvalue weighted by atomic mass is 9.73. The number of benzene rings is 1. The number of nitrogens with zero attached hydrogens (tertiary/aromatic N) is 1. The van der Waals surface area contributed by atoms with Gasteiger partial charge in [-0.2, -0.15) is 0 Å². The van der Waals surface area contributed by atoms with Gasteiger partial charge in [0.25, 0.3) is 0 Å². The molecule has 3 atom stereocenters. The number of H-pyrrole nitrogens is 1. The van der Waals surface area contributed by atoms with Crippen LogP contribution in [0.3, 0.4) is 0 Å². The molecule has 0 bridgehead atoms. The van der Waals surface area contributed by atoms with E-state index in [4.69, 9.17) is 0 Å². The second-order valence-corrected chi connectivity index (χ2v) is 8.15. The molecule has 128 valence electrons. The number of piperidine rings is 1. The highest BCUT2D eigenvalue weighted by Gasteiger charge is 2.41. The van der Waals surface area contributed by atoms with Crippen molar-refractivity contribution in [3.05, 3.63) is 33.4 Å². The summed E-state index contributed by atoms with van der Waals surface area (Å²) in [4.78, 5) is 17.2. The van der Waals surface area contributed by atoms with Gasteiger partial charge in [-0.25, -0.2) is 0 Å². The van der Waals surface area contributed by atoms with Crippen LogP contribution in [0.5, 0.6) is 0 Å². The summed E-state index contributed by atoms with van der Waals surface area (Å²) in [6.07, 6.45) is 4.14. The Hall–Kier alpha value is -1.33. The van der Waals surface area contributed by atoms with Crippen molar-refractivity contribution in [2.24, 2.45) is 0 Å². The maximum Gasteiger partial charge on any atom is 0.207 e. The molecule has 4 rings (SSSR count). The van der Waals surface area contributed by atoms with Crippen LogP contribution in [0.1, 0.15) is 42.5 Å². The van der Waals surface area contributed by atoms with Crippen LogP contribution in [0.2, 0.25) is 0 Å². The lowest BCUT2D eigenvalue weighted by Gasteiger charge is -2.47. The van der Waals surface area contributed by atoms with Gasteiger partial charge in [0.1, 0.15) is 0 Å². The summed E-state index contributed by atoms with van der Waals surface area (Å²) in [5.41, 5.74) is 5.45. The number of aromatic amines is 1. The fourth-order valence-electron chi connectivity index (χ4n) is 4.86. The van der Waals surface area contributed by atoms with Gasteiger partial charge in [-0.3, -0.25) is 9.69 Å². The molecule has 0 spiro atoms. The van der Waals surface area contributed by atoms with Gasteiger partial charge in [-0.05, 0) is 56.0 Å². The van der Waals surface area contributed by atoms with E-state index >= 15 is 0 Å². The molecule has 1 amide bonds. The Kier molecular flexibility index (Phi) is 4.17.